The van der Waals surface area contributed by atoms with Gasteiger partial charge in [-0.25, -0.2) is 13.9 Å². The first-order chi connectivity index (χ1) is 18.9. The van der Waals surface area contributed by atoms with Gasteiger partial charge in [-0.2, -0.15) is 5.10 Å². The molecule has 2 aromatic heterocycles. The highest BCUT2D eigenvalue weighted by Gasteiger charge is 2.36. The highest BCUT2D eigenvalue weighted by atomic mass is 35.5. The molecule has 0 fully saturated rings. The molecule has 1 N–H and O–H groups in total. The lowest BCUT2D eigenvalue weighted by molar-refractivity contribution is 0.194. The summed E-state index contributed by atoms with van der Waals surface area (Å²) in [7, 11) is 0. The second-order valence-corrected chi connectivity index (χ2v) is 10.1. The smallest absolute Gasteiger partial charge is 0.308 e. The van der Waals surface area contributed by atoms with E-state index in [1.54, 1.807) is 0 Å². The fraction of sp³-hybridized carbons (Fsp3) is 0.161. The number of hydrogen-bond donors (Lipinski definition) is 1. The number of amides is 2. The molecule has 8 heteroatoms. The summed E-state index contributed by atoms with van der Waals surface area (Å²) >= 11 is 6.01. The maximum absolute atomic E-state index is 14.0. The number of aryl methyl sites for hydroxylation is 2. The third-order valence-electron chi connectivity index (χ3n) is 7.13. The van der Waals surface area contributed by atoms with Gasteiger partial charge in [0.25, 0.3) is 0 Å². The van der Waals surface area contributed by atoms with Gasteiger partial charge in [-0.15, -0.1) is 0 Å². The first-order valence-electron chi connectivity index (χ1n) is 12.9. The van der Waals surface area contributed by atoms with Crippen molar-refractivity contribution in [3.05, 3.63) is 130 Å². The standard InChI is InChI=1S/C31H27ClFN5O/c1-3-27-24-19-37(31(39)34-22-15-16-26(33)25(32)18-22)29(21-13-11-20(2)12-14-21)28-10-7-17-36(28)30(24)38(35-27)23-8-5-4-6-9-23/h4-18,29H,3,19H2,1-2H3,(H,34,39)/t29-/m0/s1. The Bertz CT molecular complexity index is 1660. The number of hydrogen-bond acceptors (Lipinski definition) is 2. The summed E-state index contributed by atoms with van der Waals surface area (Å²) in [5, 5.41) is 7.89. The third-order valence-corrected chi connectivity index (χ3v) is 7.42. The normalized spacial score (nSPS) is 14.5. The number of carbonyl (C=O) groups is 1. The van der Waals surface area contributed by atoms with Crippen LogP contribution in [0.5, 0.6) is 0 Å². The number of para-hydroxylation sites is 1. The van der Waals surface area contributed by atoms with Crippen molar-refractivity contribution in [2.24, 2.45) is 0 Å². The van der Waals surface area contributed by atoms with Crippen molar-refractivity contribution in [1.82, 2.24) is 19.2 Å². The molecular weight excluding hydrogens is 513 g/mol. The Morgan fingerprint density at radius 3 is 2.54 bits per heavy atom. The Kier molecular flexibility index (Phi) is 6.45. The highest BCUT2D eigenvalue weighted by Crippen LogP contribution is 2.39. The first kappa shape index (κ1) is 24.9. The summed E-state index contributed by atoms with van der Waals surface area (Å²) in [6.07, 6.45) is 2.73. The van der Waals surface area contributed by atoms with Crippen molar-refractivity contribution in [3.8, 4) is 11.5 Å². The molecule has 39 heavy (non-hydrogen) atoms. The number of halogens is 2. The van der Waals surface area contributed by atoms with Crippen LogP contribution in [0.1, 0.15) is 41.0 Å². The number of nitrogens with one attached hydrogen (secondary N) is 1. The van der Waals surface area contributed by atoms with Crippen LogP contribution < -0.4 is 5.32 Å². The van der Waals surface area contributed by atoms with Crippen LogP contribution in [0.3, 0.4) is 0 Å². The SMILES string of the molecule is CCc1nn(-c2ccccc2)c2c1CN(C(=O)Nc1ccc(F)c(Cl)c1)[C@@H](c1ccc(C)cc1)c1cccn1-2. The van der Waals surface area contributed by atoms with E-state index in [1.165, 1.54) is 18.2 Å². The van der Waals surface area contributed by atoms with Gasteiger partial charge in [0.05, 0.1) is 34.7 Å². The summed E-state index contributed by atoms with van der Waals surface area (Å²) in [6.45, 7) is 4.44. The molecule has 0 bridgehead atoms. The van der Waals surface area contributed by atoms with Crippen molar-refractivity contribution < 1.29 is 9.18 Å². The number of carbonyl (C=O) groups excluding carboxylic acids is 1. The largest absolute Gasteiger partial charge is 0.322 e. The number of urea groups is 1. The van der Waals surface area contributed by atoms with Gasteiger partial charge >= 0.3 is 6.03 Å². The summed E-state index contributed by atoms with van der Waals surface area (Å²) in [4.78, 5) is 15.8. The molecule has 0 spiro atoms. The molecule has 0 saturated carbocycles. The van der Waals surface area contributed by atoms with Gasteiger partial charge < -0.3 is 14.8 Å². The quantitative estimate of drug-likeness (QED) is 0.258. The monoisotopic (exact) mass is 539 g/mol. The van der Waals surface area contributed by atoms with Crippen LogP contribution in [0.15, 0.2) is 91.1 Å². The van der Waals surface area contributed by atoms with E-state index in [4.69, 9.17) is 16.7 Å². The Morgan fingerprint density at radius 1 is 1.05 bits per heavy atom. The van der Waals surface area contributed by atoms with E-state index in [9.17, 15) is 9.18 Å². The predicted octanol–water partition coefficient (Wildman–Crippen LogP) is 7.46. The molecule has 1 atom stereocenters. The number of fused-ring (bicyclic) bond motifs is 3. The summed E-state index contributed by atoms with van der Waals surface area (Å²) < 4.78 is 17.9. The lowest BCUT2D eigenvalue weighted by Crippen LogP contribution is -2.38. The van der Waals surface area contributed by atoms with Crippen molar-refractivity contribution in [1.29, 1.82) is 0 Å². The fourth-order valence-electron chi connectivity index (χ4n) is 5.22. The minimum absolute atomic E-state index is 0.0488. The number of rotatable bonds is 4. The average Bonchev–Trinajstić information content (AvgIpc) is 3.53. The molecule has 6 rings (SSSR count). The molecule has 1 aliphatic heterocycles. The van der Waals surface area contributed by atoms with E-state index < -0.39 is 11.9 Å². The fourth-order valence-corrected chi connectivity index (χ4v) is 5.40. The Labute approximate surface area is 231 Å². The highest BCUT2D eigenvalue weighted by molar-refractivity contribution is 6.31. The zero-order chi connectivity index (χ0) is 27.1. The predicted molar refractivity (Wildman–Crippen MR) is 151 cm³/mol. The Balaban J connectivity index is 1.54. The molecule has 196 valence electrons. The van der Waals surface area contributed by atoms with E-state index >= 15 is 0 Å². The number of aromatic nitrogens is 3. The summed E-state index contributed by atoms with van der Waals surface area (Å²) in [5.41, 5.74) is 6.31. The van der Waals surface area contributed by atoms with Crippen molar-refractivity contribution in [3.63, 3.8) is 0 Å². The molecule has 2 amide bonds. The molecule has 3 aromatic carbocycles. The molecule has 5 aromatic rings. The van der Waals surface area contributed by atoms with Gasteiger partial charge in [0, 0.05) is 17.4 Å². The average molecular weight is 540 g/mol. The van der Waals surface area contributed by atoms with Crippen LogP contribution in [0, 0.1) is 12.7 Å². The third kappa shape index (κ3) is 4.49. The molecule has 0 unspecified atom stereocenters. The van der Waals surface area contributed by atoms with Gasteiger partial charge in [-0.05, 0) is 61.4 Å². The Morgan fingerprint density at radius 2 is 1.82 bits per heavy atom. The van der Waals surface area contributed by atoms with E-state index in [1.807, 2.05) is 65.2 Å². The second-order valence-electron chi connectivity index (χ2n) is 9.65. The van der Waals surface area contributed by atoms with Crippen molar-refractivity contribution in [2.45, 2.75) is 32.9 Å². The first-order valence-corrected chi connectivity index (χ1v) is 13.3. The van der Waals surface area contributed by atoms with E-state index in [2.05, 4.69) is 41.1 Å². The van der Waals surface area contributed by atoms with Crippen LogP contribution in [-0.4, -0.2) is 25.3 Å². The molecule has 0 aliphatic carbocycles. The minimum Gasteiger partial charge on any atom is -0.308 e. The number of anilines is 1. The summed E-state index contributed by atoms with van der Waals surface area (Å²) in [6, 6.07) is 25.8. The van der Waals surface area contributed by atoms with E-state index in [0.717, 1.165) is 39.6 Å². The van der Waals surface area contributed by atoms with Crippen LogP contribution in [-0.2, 0) is 13.0 Å². The lowest BCUT2D eigenvalue weighted by atomic mass is 10.0. The molecule has 0 radical (unpaired) electrons. The van der Waals surface area contributed by atoms with Gasteiger partial charge in [0.2, 0.25) is 0 Å². The lowest BCUT2D eigenvalue weighted by Gasteiger charge is -2.31. The van der Waals surface area contributed by atoms with E-state index in [-0.39, 0.29) is 11.1 Å². The molecule has 6 nitrogen and oxygen atoms in total. The zero-order valence-corrected chi connectivity index (χ0v) is 22.4. The van der Waals surface area contributed by atoms with Crippen LogP contribution in [0.4, 0.5) is 14.9 Å². The zero-order valence-electron chi connectivity index (χ0n) is 21.6. The number of benzene rings is 3. The van der Waals surface area contributed by atoms with Gasteiger partial charge in [0.1, 0.15) is 11.6 Å². The van der Waals surface area contributed by atoms with Gasteiger partial charge in [0.15, 0.2) is 0 Å². The minimum atomic E-state index is -0.537. The van der Waals surface area contributed by atoms with Crippen LogP contribution in [0.25, 0.3) is 11.5 Å². The molecule has 0 saturated heterocycles. The second kappa shape index (κ2) is 10.1. The van der Waals surface area contributed by atoms with Gasteiger partial charge in [-0.3, -0.25) is 0 Å². The number of nitrogens with zero attached hydrogens (tertiary/aromatic N) is 4. The molecule has 1 aliphatic rings. The molecule has 3 heterocycles. The maximum atomic E-state index is 14.0. The van der Waals surface area contributed by atoms with Gasteiger partial charge in [-0.1, -0.05) is 66.6 Å². The topological polar surface area (TPSA) is 55.1 Å². The van der Waals surface area contributed by atoms with Crippen molar-refractivity contribution in [2.75, 3.05) is 5.32 Å². The maximum Gasteiger partial charge on any atom is 0.322 e. The molecular formula is C31H27ClFN5O. The Hall–Kier alpha value is -4.36. The van der Waals surface area contributed by atoms with Crippen LogP contribution in [0.2, 0.25) is 5.02 Å². The van der Waals surface area contributed by atoms with Crippen molar-refractivity contribution >= 4 is 23.3 Å². The summed E-state index contributed by atoms with van der Waals surface area (Å²) in [5.74, 6) is 0.376. The van der Waals surface area contributed by atoms with Crippen LogP contribution >= 0.6 is 11.6 Å². The van der Waals surface area contributed by atoms with E-state index in [0.29, 0.717) is 18.7 Å².